The smallest absolute Gasteiger partial charge is 0.253 e. The Balaban J connectivity index is 1.27. The molecule has 1 N–H and O–H groups in total. The molecule has 1 aliphatic rings. The summed E-state index contributed by atoms with van der Waals surface area (Å²) < 4.78 is 13.3. The van der Waals surface area contributed by atoms with Gasteiger partial charge in [-0.15, -0.1) is 0 Å². The Kier molecular flexibility index (Phi) is 6.75. The topological polar surface area (TPSA) is 65.5 Å². The molecule has 0 saturated carbocycles. The molecule has 0 atom stereocenters. The van der Waals surface area contributed by atoms with Crippen LogP contribution in [-0.4, -0.2) is 52.8 Å². The van der Waals surface area contributed by atoms with E-state index in [1.165, 1.54) is 12.1 Å². The first kappa shape index (κ1) is 21.5. The van der Waals surface area contributed by atoms with Crippen molar-refractivity contribution in [3.63, 3.8) is 0 Å². The van der Waals surface area contributed by atoms with Crippen molar-refractivity contribution in [2.75, 3.05) is 31.5 Å². The predicted molar refractivity (Wildman–Crippen MR) is 121 cm³/mol. The highest BCUT2D eigenvalue weighted by molar-refractivity contribution is 5.94. The van der Waals surface area contributed by atoms with E-state index < -0.39 is 0 Å². The number of piperazine rings is 1. The number of anilines is 1. The molecule has 1 aliphatic heterocycles. The zero-order chi connectivity index (χ0) is 22.3. The minimum atomic E-state index is -0.260. The molecule has 2 heterocycles. The highest BCUT2D eigenvalue weighted by atomic mass is 19.1. The molecule has 1 fully saturated rings. The second-order valence-electron chi connectivity index (χ2n) is 7.77. The predicted octanol–water partition coefficient (Wildman–Crippen LogP) is 3.36. The lowest BCUT2D eigenvalue weighted by molar-refractivity contribution is -0.131. The highest BCUT2D eigenvalue weighted by Gasteiger charge is 2.24. The minimum Gasteiger partial charge on any atom is -0.381 e. The number of hydrogen-bond donors (Lipinski definition) is 1. The van der Waals surface area contributed by atoms with E-state index in [1.54, 1.807) is 40.4 Å². The van der Waals surface area contributed by atoms with Crippen LogP contribution < -0.4 is 5.32 Å². The average molecular weight is 432 g/mol. The van der Waals surface area contributed by atoms with Gasteiger partial charge in [-0.2, -0.15) is 0 Å². The summed E-state index contributed by atoms with van der Waals surface area (Å²) in [6.07, 6.45) is 3.71. The van der Waals surface area contributed by atoms with Crippen molar-refractivity contribution in [2.24, 2.45) is 0 Å². The van der Waals surface area contributed by atoms with E-state index in [2.05, 4.69) is 10.3 Å². The maximum Gasteiger partial charge on any atom is 0.253 e. The maximum atomic E-state index is 13.3. The van der Waals surface area contributed by atoms with Crippen molar-refractivity contribution in [2.45, 2.75) is 13.0 Å². The van der Waals surface area contributed by atoms with E-state index >= 15 is 0 Å². The fourth-order valence-corrected chi connectivity index (χ4v) is 3.71. The number of carbonyl (C=O) groups is 2. The third-order valence-corrected chi connectivity index (χ3v) is 5.52. The molecule has 0 bridgehead atoms. The number of halogens is 1. The standard InChI is InChI=1S/C25H25FN4O2/c26-22-5-1-3-19(15-22)18-28-23-8-6-21(7-9-23)25(32)30-13-11-29(12-14-30)24(31)16-20-4-2-10-27-17-20/h1-10,15,17,28H,11-14,16,18H2. The SMILES string of the molecule is O=C(Cc1cccnc1)N1CCN(C(=O)c2ccc(NCc3cccc(F)c3)cc2)CC1. The first-order valence-electron chi connectivity index (χ1n) is 10.6. The molecule has 0 spiro atoms. The minimum absolute atomic E-state index is 0.0407. The van der Waals surface area contributed by atoms with Crippen molar-refractivity contribution in [1.82, 2.24) is 14.8 Å². The van der Waals surface area contributed by atoms with Crippen molar-refractivity contribution in [1.29, 1.82) is 0 Å². The third-order valence-electron chi connectivity index (χ3n) is 5.52. The van der Waals surface area contributed by atoms with Crippen LogP contribution in [0.15, 0.2) is 73.1 Å². The molecule has 2 amide bonds. The van der Waals surface area contributed by atoms with Gasteiger partial charge >= 0.3 is 0 Å². The van der Waals surface area contributed by atoms with Crippen LogP contribution in [0.2, 0.25) is 0 Å². The summed E-state index contributed by atoms with van der Waals surface area (Å²) in [5.41, 5.74) is 3.20. The highest BCUT2D eigenvalue weighted by Crippen LogP contribution is 2.15. The van der Waals surface area contributed by atoms with Crippen LogP contribution in [0.5, 0.6) is 0 Å². The molecule has 3 aromatic rings. The molecule has 0 unspecified atom stereocenters. The number of nitrogens with zero attached hydrogens (tertiary/aromatic N) is 3. The van der Waals surface area contributed by atoms with Crippen molar-refractivity contribution < 1.29 is 14.0 Å². The Morgan fingerprint density at radius 3 is 2.31 bits per heavy atom. The first-order valence-corrected chi connectivity index (χ1v) is 10.6. The van der Waals surface area contributed by atoms with Crippen LogP contribution in [-0.2, 0) is 17.8 Å². The Hall–Kier alpha value is -3.74. The number of aromatic nitrogens is 1. The molecule has 164 valence electrons. The van der Waals surface area contributed by atoms with Gasteiger partial charge in [0.25, 0.3) is 5.91 Å². The molecule has 1 aromatic heterocycles. The van der Waals surface area contributed by atoms with Crippen LogP contribution in [0.3, 0.4) is 0 Å². The zero-order valence-electron chi connectivity index (χ0n) is 17.7. The molecule has 2 aromatic carbocycles. The van der Waals surface area contributed by atoms with Crippen molar-refractivity contribution in [3.05, 3.63) is 95.6 Å². The Morgan fingerprint density at radius 1 is 0.906 bits per heavy atom. The van der Waals surface area contributed by atoms with Crippen LogP contribution in [0.25, 0.3) is 0 Å². The van der Waals surface area contributed by atoms with Crippen LogP contribution >= 0.6 is 0 Å². The van der Waals surface area contributed by atoms with Gasteiger partial charge < -0.3 is 15.1 Å². The van der Waals surface area contributed by atoms with Gasteiger partial charge in [0.05, 0.1) is 6.42 Å². The van der Waals surface area contributed by atoms with E-state index in [9.17, 15) is 14.0 Å². The van der Waals surface area contributed by atoms with Gasteiger partial charge in [0.15, 0.2) is 0 Å². The van der Waals surface area contributed by atoms with Gasteiger partial charge in [0.1, 0.15) is 5.82 Å². The molecular weight excluding hydrogens is 407 g/mol. The van der Waals surface area contributed by atoms with Crippen LogP contribution in [0.4, 0.5) is 10.1 Å². The van der Waals surface area contributed by atoms with Gasteiger partial charge in [-0.1, -0.05) is 18.2 Å². The zero-order valence-corrected chi connectivity index (χ0v) is 17.7. The average Bonchev–Trinajstić information content (AvgIpc) is 2.83. The lowest BCUT2D eigenvalue weighted by atomic mass is 10.1. The van der Waals surface area contributed by atoms with E-state index in [0.29, 0.717) is 44.7 Å². The van der Waals surface area contributed by atoms with Crippen molar-refractivity contribution >= 4 is 17.5 Å². The molecule has 0 aliphatic carbocycles. The van der Waals surface area contributed by atoms with Crippen molar-refractivity contribution in [3.8, 4) is 0 Å². The number of carbonyl (C=O) groups excluding carboxylic acids is 2. The Morgan fingerprint density at radius 2 is 1.62 bits per heavy atom. The summed E-state index contributed by atoms with van der Waals surface area (Å²) >= 11 is 0. The third kappa shape index (κ3) is 5.49. The van der Waals surface area contributed by atoms with Gasteiger partial charge in [-0.25, -0.2) is 4.39 Å². The van der Waals surface area contributed by atoms with Crippen LogP contribution in [0.1, 0.15) is 21.5 Å². The van der Waals surface area contributed by atoms with E-state index in [0.717, 1.165) is 16.8 Å². The fraction of sp³-hybridized carbons (Fsp3) is 0.240. The molecule has 1 saturated heterocycles. The Labute approximate surface area is 186 Å². The largest absolute Gasteiger partial charge is 0.381 e. The quantitative estimate of drug-likeness (QED) is 0.649. The fourth-order valence-electron chi connectivity index (χ4n) is 3.71. The molecule has 6 nitrogen and oxygen atoms in total. The molecule has 32 heavy (non-hydrogen) atoms. The van der Waals surface area contributed by atoms with E-state index in [-0.39, 0.29) is 17.6 Å². The van der Waals surface area contributed by atoms with Gasteiger partial charge in [0.2, 0.25) is 5.91 Å². The van der Waals surface area contributed by atoms with E-state index in [4.69, 9.17) is 0 Å². The summed E-state index contributed by atoms with van der Waals surface area (Å²) in [6, 6.07) is 17.4. The number of amides is 2. The normalized spacial score (nSPS) is 13.7. The number of benzene rings is 2. The summed E-state index contributed by atoms with van der Waals surface area (Å²) in [7, 11) is 0. The van der Waals surface area contributed by atoms with Crippen LogP contribution in [0, 0.1) is 5.82 Å². The molecule has 4 rings (SSSR count). The van der Waals surface area contributed by atoms with Gasteiger partial charge in [-0.3, -0.25) is 14.6 Å². The lowest BCUT2D eigenvalue weighted by Crippen LogP contribution is -2.51. The second-order valence-corrected chi connectivity index (χ2v) is 7.77. The second kappa shape index (κ2) is 10.0. The number of rotatable bonds is 6. The number of hydrogen-bond acceptors (Lipinski definition) is 4. The summed E-state index contributed by atoms with van der Waals surface area (Å²) in [5.74, 6) is -0.246. The first-order chi connectivity index (χ1) is 15.6. The van der Waals surface area contributed by atoms with Gasteiger partial charge in [-0.05, 0) is 53.6 Å². The molecular formula is C25H25FN4O2. The Bertz CT molecular complexity index is 1060. The summed E-state index contributed by atoms with van der Waals surface area (Å²) in [6.45, 7) is 2.57. The number of nitrogens with one attached hydrogen (secondary N) is 1. The summed E-state index contributed by atoms with van der Waals surface area (Å²) in [5, 5.41) is 3.23. The summed E-state index contributed by atoms with van der Waals surface area (Å²) in [4.78, 5) is 33.0. The molecule has 0 radical (unpaired) electrons. The monoisotopic (exact) mass is 432 g/mol. The molecule has 7 heteroatoms. The maximum absolute atomic E-state index is 13.3. The number of pyridine rings is 1. The van der Waals surface area contributed by atoms with Gasteiger partial charge in [0, 0.05) is 56.4 Å². The lowest BCUT2D eigenvalue weighted by Gasteiger charge is -2.35. The van der Waals surface area contributed by atoms with E-state index in [1.807, 2.05) is 30.3 Å².